The van der Waals surface area contributed by atoms with E-state index in [-0.39, 0.29) is 18.0 Å². The van der Waals surface area contributed by atoms with E-state index in [1.54, 1.807) is 30.3 Å². The van der Waals surface area contributed by atoms with Gasteiger partial charge in [0.25, 0.3) is 0 Å². The second-order valence-corrected chi connectivity index (χ2v) is 5.81. The number of esters is 1. The summed E-state index contributed by atoms with van der Waals surface area (Å²) in [5.74, 6) is 0.120. The topological polar surface area (TPSA) is 61.8 Å². The smallest absolute Gasteiger partial charge is 0.346 e. The van der Waals surface area contributed by atoms with Gasteiger partial charge in [-0.15, -0.1) is 0 Å². The molecule has 0 atom stereocenters. The molecule has 0 N–H and O–H groups in total. The van der Waals surface area contributed by atoms with Crippen LogP contribution in [-0.2, 0) is 4.74 Å². The van der Waals surface area contributed by atoms with E-state index in [2.05, 4.69) is 13.8 Å². The first kappa shape index (κ1) is 18.5. The van der Waals surface area contributed by atoms with Gasteiger partial charge in [-0.2, -0.15) is 0 Å². The van der Waals surface area contributed by atoms with Crippen LogP contribution in [0.1, 0.15) is 46.0 Å². The fourth-order valence-corrected chi connectivity index (χ4v) is 2.39. The lowest BCUT2D eigenvalue weighted by Crippen LogP contribution is -2.15. The largest absolute Gasteiger partial charge is 0.496 e. The molecule has 0 aliphatic rings. The zero-order chi connectivity index (χ0) is 18.4. The molecule has 5 heteroatoms. The number of hydrogen-bond donors (Lipinski definition) is 0. The first-order valence-corrected chi connectivity index (χ1v) is 7.99. The Bertz CT molecular complexity index is 725. The van der Waals surface area contributed by atoms with Gasteiger partial charge in [0.2, 0.25) is 0 Å². The molecule has 0 aliphatic heterocycles. The van der Waals surface area contributed by atoms with Crippen LogP contribution in [-0.4, -0.2) is 32.6 Å². The summed E-state index contributed by atoms with van der Waals surface area (Å²) in [5, 5.41) is 0. The summed E-state index contributed by atoms with van der Waals surface area (Å²) < 4.78 is 15.5. The minimum atomic E-state index is -0.665. The van der Waals surface area contributed by atoms with Gasteiger partial charge in [0, 0.05) is 5.56 Å². The predicted molar refractivity (Wildman–Crippen MR) is 94.7 cm³/mol. The van der Waals surface area contributed by atoms with Crippen molar-refractivity contribution < 1.29 is 23.8 Å². The number of hydrogen-bond acceptors (Lipinski definition) is 5. The van der Waals surface area contributed by atoms with Gasteiger partial charge >= 0.3 is 5.97 Å². The van der Waals surface area contributed by atoms with Crippen LogP contribution >= 0.6 is 0 Å². The van der Waals surface area contributed by atoms with Gasteiger partial charge in [-0.3, -0.25) is 4.79 Å². The van der Waals surface area contributed by atoms with E-state index in [1.165, 1.54) is 14.2 Å². The molecule has 0 radical (unpaired) electrons. The van der Waals surface area contributed by atoms with Crippen molar-refractivity contribution in [2.45, 2.75) is 19.8 Å². The Morgan fingerprint density at radius 3 is 1.96 bits per heavy atom. The van der Waals surface area contributed by atoms with Crippen molar-refractivity contribution in [2.24, 2.45) is 0 Å². The zero-order valence-electron chi connectivity index (χ0n) is 14.9. The number of benzene rings is 2. The highest BCUT2D eigenvalue weighted by atomic mass is 16.5. The van der Waals surface area contributed by atoms with Gasteiger partial charge in [0.15, 0.2) is 12.4 Å². The summed E-state index contributed by atoms with van der Waals surface area (Å²) in [7, 11) is 2.90. The Morgan fingerprint density at radius 1 is 0.920 bits per heavy atom. The minimum Gasteiger partial charge on any atom is -0.496 e. The van der Waals surface area contributed by atoms with Gasteiger partial charge in [-0.1, -0.05) is 44.2 Å². The molecule has 0 heterocycles. The third kappa shape index (κ3) is 4.38. The number of ether oxygens (including phenoxy) is 3. The highest BCUT2D eigenvalue weighted by molar-refractivity contribution is 6.01. The molecule has 2 aromatic carbocycles. The van der Waals surface area contributed by atoms with Crippen LogP contribution in [0.5, 0.6) is 11.5 Å². The normalized spacial score (nSPS) is 10.4. The summed E-state index contributed by atoms with van der Waals surface area (Å²) in [4.78, 5) is 24.6. The van der Waals surface area contributed by atoms with Crippen LogP contribution in [0.15, 0.2) is 42.5 Å². The Balaban J connectivity index is 2.08. The molecule has 0 fully saturated rings. The lowest BCUT2D eigenvalue weighted by Gasteiger charge is -2.12. The Labute approximate surface area is 147 Å². The van der Waals surface area contributed by atoms with Gasteiger partial charge in [0.1, 0.15) is 17.1 Å². The van der Waals surface area contributed by atoms with Crippen molar-refractivity contribution in [1.82, 2.24) is 0 Å². The molecule has 0 saturated carbocycles. The second-order valence-electron chi connectivity index (χ2n) is 5.81. The van der Waals surface area contributed by atoms with E-state index in [1.807, 2.05) is 12.1 Å². The highest BCUT2D eigenvalue weighted by Gasteiger charge is 2.21. The quantitative estimate of drug-likeness (QED) is 0.565. The third-order valence-corrected chi connectivity index (χ3v) is 3.87. The number of carbonyl (C=O) groups excluding carboxylic acids is 2. The minimum absolute atomic E-state index is 0.162. The van der Waals surface area contributed by atoms with E-state index in [0.717, 1.165) is 5.56 Å². The lowest BCUT2D eigenvalue weighted by molar-refractivity contribution is 0.0468. The van der Waals surface area contributed by atoms with Crippen LogP contribution < -0.4 is 9.47 Å². The number of methoxy groups -OCH3 is 2. The molecule has 2 rings (SSSR count). The molecule has 2 aromatic rings. The molecular weight excluding hydrogens is 320 g/mol. The van der Waals surface area contributed by atoms with Crippen molar-refractivity contribution in [3.63, 3.8) is 0 Å². The number of rotatable bonds is 7. The fourth-order valence-electron chi connectivity index (χ4n) is 2.39. The van der Waals surface area contributed by atoms with Gasteiger partial charge < -0.3 is 14.2 Å². The number of carbonyl (C=O) groups is 2. The maximum absolute atomic E-state index is 12.3. The molecule has 0 aliphatic carbocycles. The van der Waals surface area contributed by atoms with Crippen LogP contribution in [0.3, 0.4) is 0 Å². The van der Waals surface area contributed by atoms with Crippen molar-refractivity contribution in [3.05, 3.63) is 59.2 Å². The first-order valence-electron chi connectivity index (χ1n) is 7.99. The standard InChI is InChI=1S/C20H22O5/c1-13(2)14-8-10-15(11-9-14)16(21)12-25-20(22)19-17(23-3)6-5-7-18(19)24-4/h5-11,13H,12H2,1-4H3. The summed E-state index contributed by atoms with van der Waals surface area (Å²) >= 11 is 0. The summed E-state index contributed by atoms with van der Waals surface area (Å²) in [6.07, 6.45) is 0. The van der Waals surface area contributed by atoms with Crippen LogP contribution in [0, 0.1) is 0 Å². The van der Waals surface area contributed by atoms with E-state index >= 15 is 0 Å². The maximum atomic E-state index is 12.3. The van der Waals surface area contributed by atoms with Crippen LogP contribution in [0.25, 0.3) is 0 Å². The van der Waals surface area contributed by atoms with E-state index in [9.17, 15) is 9.59 Å². The average molecular weight is 342 g/mol. The van der Waals surface area contributed by atoms with Crippen molar-refractivity contribution in [1.29, 1.82) is 0 Å². The van der Waals surface area contributed by atoms with Gasteiger partial charge in [0.05, 0.1) is 14.2 Å². The molecule has 0 bridgehead atoms. The first-order chi connectivity index (χ1) is 12.0. The molecule has 25 heavy (non-hydrogen) atoms. The van der Waals surface area contributed by atoms with Crippen molar-refractivity contribution in [2.75, 3.05) is 20.8 Å². The summed E-state index contributed by atoms with van der Waals surface area (Å²) in [6, 6.07) is 12.3. The predicted octanol–water partition coefficient (Wildman–Crippen LogP) is 3.87. The Morgan fingerprint density at radius 2 is 1.48 bits per heavy atom. The monoisotopic (exact) mass is 342 g/mol. The molecule has 0 spiro atoms. The maximum Gasteiger partial charge on any atom is 0.346 e. The van der Waals surface area contributed by atoms with Gasteiger partial charge in [-0.05, 0) is 23.6 Å². The van der Waals surface area contributed by atoms with E-state index < -0.39 is 5.97 Å². The number of ketones is 1. The van der Waals surface area contributed by atoms with Crippen molar-refractivity contribution >= 4 is 11.8 Å². The Hall–Kier alpha value is -2.82. The number of Topliss-reactive ketones (excluding diaryl/α,β-unsaturated/α-hetero) is 1. The van der Waals surface area contributed by atoms with Crippen molar-refractivity contribution in [3.8, 4) is 11.5 Å². The summed E-state index contributed by atoms with van der Waals surface area (Å²) in [6.45, 7) is 3.82. The third-order valence-electron chi connectivity index (χ3n) is 3.87. The second kappa shape index (κ2) is 8.33. The van der Waals surface area contributed by atoms with E-state index in [0.29, 0.717) is 23.0 Å². The molecule has 0 saturated heterocycles. The molecule has 0 unspecified atom stereocenters. The SMILES string of the molecule is COc1cccc(OC)c1C(=O)OCC(=O)c1ccc(C(C)C)cc1. The average Bonchev–Trinajstić information content (AvgIpc) is 2.64. The molecule has 132 valence electrons. The molecule has 0 amide bonds. The zero-order valence-corrected chi connectivity index (χ0v) is 14.9. The molecule has 0 aromatic heterocycles. The molecule has 5 nitrogen and oxygen atoms in total. The Kier molecular flexibility index (Phi) is 6.17. The highest BCUT2D eigenvalue weighted by Crippen LogP contribution is 2.28. The van der Waals surface area contributed by atoms with Crippen LogP contribution in [0.4, 0.5) is 0 Å². The lowest BCUT2D eigenvalue weighted by atomic mass is 10.0. The summed E-state index contributed by atoms with van der Waals surface area (Å²) in [5.41, 5.74) is 1.81. The van der Waals surface area contributed by atoms with Crippen LogP contribution in [0.2, 0.25) is 0 Å². The fraction of sp³-hybridized carbons (Fsp3) is 0.300. The van der Waals surface area contributed by atoms with Gasteiger partial charge in [-0.25, -0.2) is 4.79 Å². The van der Waals surface area contributed by atoms with E-state index in [4.69, 9.17) is 14.2 Å². The molecular formula is C20H22O5.